The Kier molecular flexibility index (Phi) is 12.7. The molecule has 2 aromatic rings. The average molecular weight is 528 g/mol. The van der Waals surface area contributed by atoms with E-state index >= 15 is 0 Å². The van der Waals surface area contributed by atoms with Gasteiger partial charge in [-0.2, -0.15) is 0 Å². The van der Waals surface area contributed by atoms with Crippen molar-refractivity contribution < 1.29 is 57.7 Å². The van der Waals surface area contributed by atoms with E-state index in [0.29, 0.717) is 0 Å². The van der Waals surface area contributed by atoms with Crippen molar-refractivity contribution in [2.45, 2.75) is 66.8 Å². The minimum absolute atomic E-state index is 0. The van der Waals surface area contributed by atoms with Gasteiger partial charge in [-0.15, -0.1) is 0 Å². The topological polar surface area (TPSA) is 0 Å². The van der Waals surface area contributed by atoms with Gasteiger partial charge >= 0.3 is 185 Å². The predicted molar refractivity (Wildman–Crippen MR) is 122 cm³/mol. The van der Waals surface area contributed by atoms with Gasteiger partial charge in [0.15, 0.2) is 0 Å². The number of unbranched alkanes of at least 4 members (excludes halogenated alkanes) is 1. The van der Waals surface area contributed by atoms with Crippen LogP contribution in [0, 0.1) is 27.7 Å². The zero-order valence-electron chi connectivity index (χ0n) is 19.5. The number of benzene rings is 2. The molecule has 0 aliphatic heterocycles. The van der Waals surface area contributed by atoms with Crippen LogP contribution in [-0.2, 0) is 20.4 Å². The van der Waals surface area contributed by atoms with Gasteiger partial charge in [-0.25, -0.2) is 0 Å². The second-order valence-electron chi connectivity index (χ2n) is 8.77. The first kappa shape index (κ1) is 30.7. The van der Waals surface area contributed by atoms with E-state index in [1.54, 1.807) is 25.0 Å². The van der Waals surface area contributed by atoms with Gasteiger partial charge in [-0.05, 0) is 0 Å². The minimum Gasteiger partial charge on any atom is -1.00 e. The van der Waals surface area contributed by atoms with Crippen molar-refractivity contribution in [1.29, 1.82) is 0 Å². The summed E-state index contributed by atoms with van der Waals surface area (Å²) < 4.78 is 1.60. The van der Waals surface area contributed by atoms with Crippen LogP contribution in [-0.4, -0.2) is 8.07 Å². The maximum Gasteiger partial charge on any atom is -1.00 e. The molecule has 31 heavy (non-hydrogen) atoms. The van der Waals surface area contributed by atoms with Crippen LogP contribution in [0.5, 0.6) is 0 Å². The summed E-state index contributed by atoms with van der Waals surface area (Å²) in [5.74, 6) is 0. The molecule has 0 unspecified atom stereocenters. The fraction of sp³-hybridized carbons (Fsp3) is 0.385. The van der Waals surface area contributed by atoms with Gasteiger partial charge in [0.25, 0.3) is 0 Å². The Morgan fingerprint density at radius 3 is 1.58 bits per heavy atom. The molecular weight excluding hydrogens is 495 g/mol. The zero-order chi connectivity index (χ0) is 20.5. The number of rotatable bonds is 6. The third kappa shape index (κ3) is 6.62. The van der Waals surface area contributed by atoms with Gasteiger partial charge in [-0.1, -0.05) is 0 Å². The van der Waals surface area contributed by atoms with E-state index in [4.69, 9.17) is 0 Å². The fourth-order valence-electron chi connectivity index (χ4n) is 4.82. The van der Waals surface area contributed by atoms with E-state index in [1.165, 1.54) is 41.5 Å². The molecule has 0 radical (unpaired) electrons. The smallest absolute Gasteiger partial charge is 1.00 e. The first-order valence-electron chi connectivity index (χ1n) is 10.6. The zero-order valence-corrected chi connectivity index (χ0v) is 24.3. The number of allylic oxidation sites excluding steroid dienone is 4. The summed E-state index contributed by atoms with van der Waals surface area (Å²) in [6, 6.07) is 14.5. The second kappa shape index (κ2) is 12.8. The molecule has 0 amide bonds. The molecule has 1 aliphatic carbocycles. The molecule has 0 spiro atoms. The average Bonchev–Trinajstić information content (AvgIpc) is 2.98. The van der Waals surface area contributed by atoms with E-state index in [1.807, 2.05) is 0 Å². The number of halogens is 3. The van der Waals surface area contributed by atoms with Crippen LogP contribution >= 0.6 is 0 Å². The van der Waals surface area contributed by atoms with E-state index in [0.717, 1.165) is 6.42 Å². The summed E-state index contributed by atoms with van der Waals surface area (Å²) >= 11 is 2.38. The molecular formula is C26H33Cl3SiTi. The van der Waals surface area contributed by atoms with Gasteiger partial charge in [-0.3, -0.25) is 0 Å². The van der Waals surface area contributed by atoms with Crippen LogP contribution in [0.15, 0.2) is 57.1 Å². The summed E-state index contributed by atoms with van der Waals surface area (Å²) in [4.78, 5) is 0. The van der Waals surface area contributed by atoms with E-state index in [9.17, 15) is 0 Å². The van der Waals surface area contributed by atoms with Gasteiger partial charge in [0.05, 0.1) is 0 Å². The summed E-state index contributed by atoms with van der Waals surface area (Å²) in [6.45, 7) is 13.9. The molecule has 166 valence electrons. The Morgan fingerprint density at radius 1 is 0.774 bits per heavy atom. The molecule has 0 bridgehead atoms. The van der Waals surface area contributed by atoms with Crippen molar-refractivity contribution in [3.8, 4) is 0 Å². The van der Waals surface area contributed by atoms with E-state index < -0.39 is 8.07 Å². The first-order valence-corrected chi connectivity index (χ1v) is 13.9. The van der Waals surface area contributed by atoms with Crippen molar-refractivity contribution in [1.82, 2.24) is 0 Å². The maximum absolute atomic E-state index is 2.60. The van der Waals surface area contributed by atoms with Crippen molar-refractivity contribution in [2.75, 3.05) is 0 Å². The molecule has 0 fully saturated rings. The molecule has 3 rings (SSSR count). The van der Waals surface area contributed by atoms with Crippen molar-refractivity contribution in [3.63, 3.8) is 0 Å². The Labute approximate surface area is 221 Å². The van der Waals surface area contributed by atoms with Crippen LogP contribution in [0.25, 0.3) is 0 Å². The van der Waals surface area contributed by atoms with Gasteiger partial charge < -0.3 is 37.2 Å². The van der Waals surface area contributed by atoms with Crippen molar-refractivity contribution in [3.05, 3.63) is 79.4 Å². The van der Waals surface area contributed by atoms with Crippen molar-refractivity contribution >= 4 is 18.4 Å². The first-order chi connectivity index (χ1) is 13.3. The van der Waals surface area contributed by atoms with E-state index in [-0.39, 0.29) is 37.2 Å². The fourth-order valence-corrected chi connectivity index (χ4v) is 11.0. The van der Waals surface area contributed by atoms with Gasteiger partial charge in [0.1, 0.15) is 0 Å². The van der Waals surface area contributed by atoms with Crippen LogP contribution < -0.4 is 47.6 Å². The largest absolute Gasteiger partial charge is 1.00 e. The molecule has 0 atom stereocenters. The number of hydrogen-bond donors (Lipinski definition) is 0. The molecule has 5 heteroatoms. The Balaban J connectivity index is 0.00000300. The third-order valence-electron chi connectivity index (χ3n) is 6.07. The number of hydrogen-bond acceptors (Lipinski definition) is 0. The summed E-state index contributed by atoms with van der Waals surface area (Å²) in [7, 11) is -2.06. The van der Waals surface area contributed by atoms with Gasteiger partial charge in [0.2, 0.25) is 0 Å². The van der Waals surface area contributed by atoms with Crippen LogP contribution in [0.4, 0.5) is 0 Å². The summed E-state index contributed by atoms with van der Waals surface area (Å²) in [5, 5.41) is 4.83. The summed E-state index contributed by atoms with van der Waals surface area (Å²) in [5.41, 5.74) is 7.16. The quantitative estimate of drug-likeness (QED) is 0.351. The molecule has 2 aromatic carbocycles. The monoisotopic (exact) mass is 526 g/mol. The van der Waals surface area contributed by atoms with Crippen LogP contribution in [0.2, 0.25) is 6.55 Å². The molecule has 1 aliphatic rings. The third-order valence-corrected chi connectivity index (χ3v) is 11.7. The Hall–Kier alpha value is -0.279. The van der Waals surface area contributed by atoms with E-state index in [2.05, 4.69) is 104 Å². The minimum atomic E-state index is -2.06. The molecule has 0 saturated carbocycles. The molecule has 0 saturated heterocycles. The van der Waals surface area contributed by atoms with Crippen molar-refractivity contribution in [2.24, 2.45) is 0 Å². The Morgan fingerprint density at radius 2 is 1.19 bits per heavy atom. The molecule has 0 N–H and O–H groups in total. The number of aryl methyl sites for hydroxylation is 4. The van der Waals surface area contributed by atoms with Crippen LogP contribution in [0.1, 0.15) is 54.9 Å². The molecule has 0 nitrogen and oxygen atoms in total. The normalized spacial score (nSPS) is 13.2. The molecule has 0 aromatic heterocycles. The maximum atomic E-state index is 2.60. The molecule has 0 heterocycles. The second-order valence-corrected chi connectivity index (χ2v) is 13.6. The SMILES string of the molecule is CCCCC1=CC[C]([Ti+3])=C1[Si](C)(c1cc(C)cc(C)c1)c1cc(C)cc(C)c1.[Cl-].[Cl-].[Cl-]. The van der Waals surface area contributed by atoms with Gasteiger partial charge in [0, 0.05) is 0 Å². The predicted octanol–water partition coefficient (Wildman–Crippen LogP) is -3.01. The van der Waals surface area contributed by atoms with Crippen LogP contribution in [0.3, 0.4) is 0 Å². The standard InChI is InChI=1S/C26H33Si.3ClH.Ti/c1-7-8-10-23-11-9-12-26(23)27(6,24-15-19(2)13-20(3)16-24)25-17-21(4)14-22(5)18-25;;;;/h11,13-18H,7-10H2,1-6H3;3*1H;/q;;;;+3/p-3. The summed E-state index contributed by atoms with van der Waals surface area (Å²) in [6.07, 6.45) is 7.42. The Bertz CT molecular complexity index is 871.